The van der Waals surface area contributed by atoms with Crippen LogP contribution in [0.5, 0.6) is 0 Å². The number of fused-ring (bicyclic) bond motifs is 1. The molecular weight excluding hydrogens is 437 g/mol. The van der Waals surface area contributed by atoms with Crippen molar-refractivity contribution in [3.63, 3.8) is 0 Å². The van der Waals surface area contributed by atoms with E-state index in [4.69, 9.17) is 0 Å². The Morgan fingerprint density at radius 3 is 2.26 bits per heavy atom. The Balaban J connectivity index is 1.19. The summed E-state index contributed by atoms with van der Waals surface area (Å²) in [5.41, 5.74) is 3.14. The number of anilines is 1. The van der Waals surface area contributed by atoms with E-state index in [-0.39, 0.29) is 17.8 Å². The number of hydrogen-bond donors (Lipinski definition) is 1. The standard InChI is InChI=1S/C30H36FN3O/c1-21-4-3-5-22(2)34(21)20-23-6-7-26-19-29(13-10-25(26)18-23)33-16-14-28(15-17-33)32-30(35)24-8-11-27(31)12-9-24/h6-13,18-19,21-22,28H,3-5,14-17,20H2,1-2H3,(H,32,35)/t21-,22+. The van der Waals surface area contributed by atoms with Crippen molar-refractivity contribution in [1.29, 1.82) is 0 Å². The zero-order valence-corrected chi connectivity index (χ0v) is 20.8. The number of carbonyl (C=O) groups is 1. The highest BCUT2D eigenvalue weighted by Gasteiger charge is 2.25. The third kappa shape index (κ3) is 5.51. The molecule has 0 unspecified atom stereocenters. The molecule has 2 atom stereocenters. The molecule has 4 nitrogen and oxygen atoms in total. The summed E-state index contributed by atoms with van der Waals surface area (Å²) in [4.78, 5) is 17.5. The maximum atomic E-state index is 13.1. The van der Waals surface area contributed by atoms with Gasteiger partial charge in [-0.2, -0.15) is 0 Å². The van der Waals surface area contributed by atoms with Crippen molar-refractivity contribution in [3.05, 3.63) is 77.6 Å². The van der Waals surface area contributed by atoms with Crippen LogP contribution in [0.1, 0.15) is 61.9 Å². The quantitative estimate of drug-likeness (QED) is 0.483. The first-order valence-corrected chi connectivity index (χ1v) is 13.1. The van der Waals surface area contributed by atoms with Crippen LogP contribution in [0.15, 0.2) is 60.7 Å². The molecule has 3 aromatic carbocycles. The van der Waals surface area contributed by atoms with E-state index in [2.05, 4.69) is 65.4 Å². The van der Waals surface area contributed by atoms with Crippen LogP contribution >= 0.6 is 0 Å². The summed E-state index contributed by atoms with van der Waals surface area (Å²) >= 11 is 0. The Labute approximate surface area is 208 Å². The highest BCUT2D eigenvalue weighted by atomic mass is 19.1. The zero-order chi connectivity index (χ0) is 24.4. The van der Waals surface area contributed by atoms with E-state index in [0.29, 0.717) is 17.6 Å². The number of benzene rings is 3. The van der Waals surface area contributed by atoms with Gasteiger partial charge >= 0.3 is 0 Å². The molecule has 0 spiro atoms. The van der Waals surface area contributed by atoms with Gasteiger partial charge in [-0.15, -0.1) is 0 Å². The molecule has 35 heavy (non-hydrogen) atoms. The molecule has 184 valence electrons. The number of halogens is 1. The molecule has 0 aliphatic carbocycles. The normalized spacial score (nSPS) is 21.9. The van der Waals surface area contributed by atoms with Crippen LogP contribution in [0.3, 0.4) is 0 Å². The smallest absolute Gasteiger partial charge is 0.251 e. The summed E-state index contributed by atoms with van der Waals surface area (Å²) in [7, 11) is 0. The molecule has 3 aromatic rings. The summed E-state index contributed by atoms with van der Waals surface area (Å²) in [6.45, 7) is 7.56. The van der Waals surface area contributed by atoms with Crippen LogP contribution in [0.4, 0.5) is 10.1 Å². The van der Waals surface area contributed by atoms with Crippen LogP contribution in [0, 0.1) is 5.82 Å². The number of nitrogens with one attached hydrogen (secondary N) is 1. The second-order valence-electron chi connectivity index (χ2n) is 10.4. The molecule has 2 aliphatic rings. The Morgan fingerprint density at radius 1 is 0.886 bits per heavy atom. The summed E-state index contributed by atoms with van der Waals surface area (Å²) in [5.74, 6) is -0.453. The molecule has 0 bridgehead atoms. The monoisotopic (exact) mass is 473 g/mol. The molecular formula is C30H36FN3O. The van der Waals surface area contributed by atoms with E-state index in [0.717, 1.165) is 32.5 Å². The molecule has 2 heterocycles. The topological polar surface area (TPSA) is 35.6 Å². The van der Waals surface area contributed by atoms with Crippen LogP contribution in [0.25, 0.3) is 10.8 Å². The minimum atomic E-state index is -0.326. The summed E-state index contributed by atoms with van der Waals surface area (Å²) in [5, 5.41) is 5.68. The first-order valence-electron chi connectivity index (χ1n) is 13.1. The molecule has 0 radical (unpaired) electrons. The molecule has 5 rings (SSSR count). The highest BCUT2D eigenvalue weighted by molar-refractivity contribution is 5.94. The van der Waals surface area contributed by atoms with E-state index in [1.54, 1.807) is 0 Å². The number of amides is 1. The number of nitrogens with zero attached hydrogens (tertiary/aromatic N) is 2. The minimum Gasteiger partial charge on any atom is -0.371 e. The first kappa shape index (κ1) is 23.8. The molecule has 5 heteroatoms. The molecule has 2 aliphatic heterocycles. The Morgan fingerprint density at radius 2 is 1.54 bits per heavy atom. The van der Waals surface area contributed by atoms with Crippen LogP contribution in [-0.4, -0.2) is 42.0 Å². The van der Waals surface area contributed by atoms with E-state index in [9.17, 15) is 9.18 Å². The maximum Gasteiger partial charge on any atom is 0.251 e. The molecule has 0 saturated carbocycles. The van der Waals surface area contributed by atoms with Gasteiger partial charge in [0.05, 0.1) is 0 Å². The van der Waals surface area contributed by atoms with Crippen molar-refractivity contribution in [2.75, 3.05) is 18.0 Å². The van der Waals surface area contributed by atoms with Crippen LogP contribution in [0.2, 0.25) is 0 Å². The van der Waals surface area contributed by atoms with E-state index < -0.39 is 0 Å². The molecule has 0 aromatic heterocycles. The third-order valence-corrected chi connectivity index (χ3v) is 7.93. The van der Waals surface area contributed by atoms with Gasteiger partial charge in [0.2, 0.25) is 0 Å². The van der Waals surface area contributed by atoms with Crippen molar-refractivity contribution >= 4 is 22.4 Å². The number of rotatable bonds is 5. The number of hydrogen-bond acceptors (Lipinski definition) is 3. The Bertz CT molecular complexity index is 1160. The lowest BCUT2D eigenvalue weighted by molar-refractivity contribution is 0.0931. The second-order valence-corrected chi connectivity index (χ2v) is 10.4. The van der Waals surface area contributed by atoms with E-state index in [1.807, 2.05) is 0 Å². The van der Waals surface area contributed by atoms with Gasteiger partial charge in [-0.25, -0.2) is 4.39 Å². The Kier molecular flexibility index (Phi) is 7.05. The van der Waals surface area contributed by atoms with E-state index in [1.165, 1.54) is 65.6 Å². The van der Waals surface area contributed by atoms with Gasteiger partial charge in [0, 0.05) is 49.0 Å². The summed E-state index contributed by atoms with van der Waals surface area (Å²) in [6.07, 6.45) is 5.74. The zero-order valence-electron chi connectivity index (χ0n) is 20.8. The first-order chi connectivity index (χ1) is 17.0. The SMILES string of the molecule is C[C@@H]1CCC[C@H](C)N1Cc1ccc2cc(N3CCC(NC(=O)c4ccc(F)cc4)CC3)ccc2c1. The van der Waals surface area contributed by atoms with Crippen molar-refractivity contribution in [2.24, 2.45) is 0 Å². The van der Waals surface area contributed by atoms with Crippen molar-refractivity contribution in [2.45, 2.75) is 70.6 Å². The largest absolute Gasteiger partial charge is 0.371 e. The van der Waals surface area contributed by atoms with Gasteiger partial charge < -0.3 is 10.2 Å². The van der Waals surface area contributed by atoms with Crippen molar-refractivity contribution in [3.8, 4) is 0 Å². The van der Waals surface area contributed by atoms with Gasteiger partial charge in [-0.05, 0) is 98.3 Å². The average Bonchev–Trinajstić information content (AvgIpc) is 2.87. The van der Waals surface area contributed by atoms with Crippen LogP contribution < -0.4 is 10.2 Å². The fourth-order valence-electron chi connectivity index (χ4n) is 5.73. The highest BCUT2D eigenvalue weighted by Crippen LogP contribution is 2.28. The van der Waals surface area contributed by atoms with Gasteiger partial charge in [0.1, 0.15) is 5.82 Å². The maximum absolute atomic E-state index is 13.1. The molecule has 1 N–H and O–H groups in total. The Hall–Kier alpha value is -2.92. The minimum absolute atomic E-state index is 0.127. The average molecular weight is 474 g/mol. The molecule has 2 saturated heterocycles. The lowest BCUT2D eigenvalue weighted by Gasteiger charge is -2.39. The van der Waals surface area contributed by atoms with Gasteiger partial charge in [0.15, 0.2) is 0 Å². The molecule has 1 amide bonds. The van der Waals surface area contributed by atoms with Gasteiger partial charge in [-0.3, -0.25) is 9.69 Å². The number of likely N-dealkylation sites (tertiary alicyclic amines) is 1. The molecule has 2 fully saturated rings. The van der Waals surface area contributed by atoms with Crippen molar-refractivity contribution < 1.29 is 9.18 Å². The summed E-state index contributed by atoms with van der Waals surface area (Å²) < 4.78 is 13.1. The predicted octanol–water partition coefficient (Wildman–Crippen LogP) is 6.14. The second kappa shape index (κ2) is 10.4. The van der Waals surface area contributed by atoms with E-state index >= 15 is 0 Å². The van der Waals surface area contributed by atoms with Gasteiger partial charge in [0.25, 0.3) is 5.91 Å². The summed E-state index contributed by atoms with van der Waals surface area (Å²) in [6, 6.07) is 20.9. The lowest BCUT2D eigenvalue weighted by atomic mass is 9.96. The number of piperidine rings is 2. The van der Waals surface area contributed by atoms with Gasteiger partial charge in [-0.1, -0.05) is 24.6 Å². The number of carbonyl (C=O) groups excluding carboxylic acids is 1. The third-order valence-electron chi connectivity index (χ3n) is 7.93. The fraction of sp³-hybridized carbons (Fsp3) is 0.433. The van der Waals surface area contributed by atoms with Crippen molar-refractivity contribution in [1.82, 2.24) is 10.2 Å². The lowest BCUT2D eigenvalue weighted by Crippen LogP contribution is -2.44. The predicted molar refractivity (Wildman–Crippen MR) is 141 cm³/mol. The van der Waals surface area contributed by atoms with Crippen LogP contribution in [-0.2, 0) is 6.54 Å². The fourth-order valence-corrected chi connectivity index (χ4v) is 5.73.